The molecule has 0 fully saturated rings. The van der Waals surface area contributed by atoms with Gasteiger partial charge in [0.15, 0.2) is 6.29 Å². The number of imide groups is 1. The van der Waals surface area contributed by atoms with E-state index in [1.165, 1.54) is 4.90 Å². The number of nitriles is 1. The summed E-state index contributed by atoms with van der Waals surface area (Å²) in [7, 11) is 0. The molecule has 0 radical (unpaired) electrons. The SMILES string of the molecule is CCN(CCN1C(=O)c2ccccc2C1=O)c1ccc(N=NC2SC(C=O)=C(Cl)C2C#N)c(C)c1. The Bertz CT molecular complexity index is 1270. The first kappa shape index (κ1) is 24.6. The Balaban J connectivity index is 1.43. The molecular formula is C25H22ClN5O3S. The van der Waals surface area contributed by atoms with Crippen LogP contribution in [0.3, 0.4) is 0 Å². The van der Waals surface area contributed by atoms with Gasteiger partial charge in [0.1, 0.15) is 11.3 Å². The molecule has 2 aromatic carbocycles. The van der Waals surface area contributed by atoms with Crippen LogP contribution in [0.1, 0.15) is 33.2 Å². The van der Waals surface area contributed by atoms with Gasteiger partial charge in [-0.3, -0.25) is 19.3 Å². The molecule has 2 aliphatic rings. The molecule has 35 heavy (non-hydrogen) atoms. The van der Waals surface area contributed by atoms with Crippen molar-refractivity contribution in [3.05, 3.63) is 69.1 Å². The number of benzene rings is 2. The predicted molar refractivity (Wildman–Crippen MR) is 135 cm³/mol. The molecular weight excluding hydrogens is 486 g/mol. The molecule has 2 atom stereocenters. The molecule has 0 bridgehead atoms. The third kappa shape index (κ3) is 4.72. The highest BCUT2D eigenvalue weighted by Gasteiger charge is 2.36. The Morgan fingerprint density at radius 2 is 1.89 bits per heavy atom. The van der Waals surface area contributed by atoms with E-state index in [2.05, 4.69) is 21.2 Å². The molecule has 4 rings (SSSR count). The van der Waals surface area contributed by atoms with Crippen molar-refractivity contribution in [1.82, 2.24) is 4.90 Å². The Morgan fingerprint density at radius 3 is 2.46 bits per heavy atom. The molecule has 10 heteroatoms. The van der Waals surface area contributed by atoms with Crippen LogP contribution in [0.2, 0.25) is 0 Å². The van der Waals surface area contributed by atoms with Gasteiger partial charge in [0.2, 0.25) is 0 Å². The van der Waals surface area contributed by atoms with Crippen molar-refractivity contribution in [3.8, 4) is 6.07 Å². The van der Waals surface area contributed by atoms with E-state index in [0.29, 0.717) is 41.1 Å². The fraction of sp³-hybridized carbons (Fsp3) is 0.280. The highest BCUT2D eigenvalue weighted by Crippen LogP contribution is 2.44. The molecule has 2 heterocycles. The lowest BCUT2D eigenvalue weighted by Crippen LogP contribution is -2.38. The number of anilines is 1. The number of amides is 2. The standard InChI is InChI=1S/C25H22ClN5O3S/c1-3-30(10-11-31-24(33)17-6-4-5-7-18(17)25(31)34)16-8-9-20(15(2)12-16)28-29-23-19(13-27)22(26)21(14-32)35-23/h4-9,12,14,19,23H,3,10-11H2,1-2H3. The predicted octanol–water partition coefficient (Wildman–Crippen LogP) is 5.06. The average Bonchev–Trinajstić information content (AvgIpc) is 3.31. The molecule has 2 amide bonds. The van der Waals surface area contributed by atoms with Crippen LogP contribution in [0, 0.1) is 24.2 Å². The van der Waals surface area contributed by atoms with E-state index < -0.39 is 11.3 Å². The summed E-state index contributed by atoms with van der Waals surface area (Å²) in [4.78, 5) is 40.1. The van der Waals surface area contributed by atoms with E-state index >= 15 is 0 Å². The third-order valence-electron chi connectivity index (χ3n) is 5.97. The van der Waals surface area contributed by atoms with Crippen LogP contribution in [0.4, 0.5) is 11.4 Å². The first-order chi connectivity index (χ1) is 16.9. The summed E-state index contributed by atoms with van der Waals surface area (Å²) in [5.41, 5.74) is 3.33. The minimum atomic E-state index is -0.706. The van der Waals surface area contributed by atoms with Crippen LogP contribution in [-0.4, -0.2) is 48.0 Å². The molecule has 0 N–H and O–H groups in total. The van der Waals surface area contributed by atoms with Crippen LogP contribution in [0.5, 0.6) is 0 Å². The molecule has 0 aliphatic carbocycles. The number of hydrogen-bond donors (Lipinski definition) is 0. The maximum atomic E-state index is 12.6. The van der Waals surface area contributed by atoms with Crippen molar-refractivity contribution >= 4 is 52.8 Å². The van der Waals surface area contributed by atoms with Crippen LogP contribution in [0.25, 0.3) is 0 Å². The molecule has 8 nitrogen and oxygen atoms in total. The Labute approximate surface area is 212 Å². The smallest absolute Gasteiger partial charge is 0.261 e. The van der Waals surface area contributed by atoms with Gasteiger partial charge in [-0.25, -0.2) is 0 Å². The van der Waals surface area contributed by atoms with Gasteiger partial charge < -0.3 is 4.90 Å². The number of nitrogens with zero attached hydrogens (tertiary/aromatic N) is 5. The molecule has 0 saturated carbocycles. The summed E-state index contributed by atoms with van der Waals surface area (Å²) < 4.78 is 0. The van der Waals surface area contributed by atoms with E-state index in [-0.39, 0.29) is 23.4 Å². The Morgan fingerprint density at radius 1 is 1.20 bits per heavy atom. The maximum absolute atomic E-state index is 12.6. The van der Waals surface area contributed by atoms with Gasteiger partial charge >= 0.3 is 0 Å². The highest BCUT2D eigenvalue weighted by molar-refractivity contribution is 8.04. The van der Waals surface area contributed by atoms with Crippen molar-refractivity contribution in [1.29, 1.82) is 5.26 Å². The summed E-state index contributed by atoms with van der Waals surface area (Å²) in [5.74, 6) is -1.23. The Hall–Kier alpha value is -3.48. The number of azo groups is 1. The number of aryl methyl sites for hydroxylation is 1. The lowest BCUT2D eigenvalue weighted by atomic mass is 10.1. The molecule has 0 saturated heterocycles. The minimum absolute atomic E-state index is 0.208. The van der Waals surface area contributed by atoms with Crippen LogP contribution in [0.15, 0.2) is 62.6 Å². The molecule has 0 spiro atoms. The van der Waals surface area contributed by atoms with Gasteiger partial charge in [-0.05, 0) is 49.7 Å². The highest BCUT2D eigenvalue weighted by atomic mass is 35.5. The summed E-state index contributed by atoms with van der Waals surface area (Å²) in [6.07, 6.45) is 0.633. The molecule has 0 aromatic heterocycles. The largest absolute Gasteiger partial charge is 0.370 e. The molecule has 2 aromatic rings. The van der Waals surface area contributed by atoms with Crippen LogP contribution in [-0.2, 0) is 4.79 Å². The van der Waals surface area contributed by atoms with Crippen molar-refractivity contribution in [2.24, 2.45) is 16.1 Å². The lowest BCUT2D eigenvalue weighted by molar-refractivity contribution is -0.104. The topological polar surface area (TPSA) is 106 Å². The zero-order valence-corrected chi connectivity index (χ0v) is 20.7. The monoisotopic (exact) mass is 507 g/mol. The third-order valence-corrected chi connectivity index (χ3v) is 7.69. The number of likely N-dealkylation sites (N-methyl/N-ethyl adjacent to an activating group) is 1. The van der Waals surface area contributed by atoms with Crippen molar-refractivity contribution in [3.63, 3.8) is 0 Å². The Kier molecular flexibility index (Phi) is 7.34. The fourth-order valence-corrected chi connectivity index (χ4v) is 5.43. The quantitative estimate of drug-likeness (QED) is 0.281. The van der Waals surface area contributed by atoms with Crippen LogP contribution >= 0.6 is 23.4 Å². The second-order valence-corrected chi connectivity index (χ2v) is 9.58. The van der Waals surface area contributed by atoms with Crippen molar-refractivity contribution in [2.75, 3.05) is 24.5 Å². The summed E-state index contributed by atoms with van der Waals surface area (Å²) >= 11 is 7.23. The number of rotatable bonds is 8. The number of thioether (sulfide) groups is 1. The van der Waals surface area contributed by atoms with E-state index in [1.54, 1.807) is 24.3 Å². The number of allylic oxidation sites excluding steroid dienone is 1. The van der Waals surface area contributed by atoms with Crippen molar-refractivity contribution < 1.29 is 14.4 Å². The number of hydrogen-bond acceptors (Lipinski definition) is 8. The zero-order valence-electron chi connectivity index (χ0n) is 19.1. The van der Waals surface area contributed by atoms with E-state index in [4.69, 9.17) is 11.6 Å². The number of fused-ring (bicyclic) bond motifs is 1. The first-order valence-corrected chi connectivity index (χ1v) is 12.3. The van der Waals surface area contributed by atoms with E-state index in [0.717, 1.165) is 23.0 Å². The second-order valence-electron chi connectivity index (χ2n) is 8.02. The summed E-state index contributed by atoms with van der Waals surface area (Å²) in [6, 6.07) is 14.6. The number of aldehydes is 1. The van der Waals surface area contributed by atoms with Gasteiger partial charge in [0, 0.05) is 25.3 Å². The van der Waals surface area contributed by atoms with E-state index in [9.17, 15) is 19.6 Å². The normalized spacial score (nSPS) is 19.4. The molecule has 2 unspecified atom stereocenters. The zero-order chi connectivity index (χ0) is 25.1. The van der Waals surface area contributed by atoms with Gasteiger partial charge in [-0.15, -0.1) is 0 Å². The number of halogens is 1. The van der Waals surface area contributed by atoms with Gasteiger partial charge in [0.25, 0.3) is 11.8 Å². The number of carbonyl (C=O) groups excluding carboxylic acids is 3. The van der Waals surface area contributed by atoms with Crippen molar-refractivity contribution in [2.45, 2.75) is 19.2 Å². The minimum Gasteiger partial charge on any atom is -0.370 e. The first-order valence-electron chi connectivity index (χ1n) is 11.0. The van der Waals surface area contributed by atoms with E-state index in [1.807, 2.05) is 32.0 Å². The van der Waals surface area contributed by atoms with Gasteiger partial charge in [-0.2, -0.15) is 15.5 Å². The van der Waals surface area contributed by atoms with Gasteiger partial charge in [0.05, 0.1) is 32.8 Å². The molecule has 178 valence electrons. The lowest BCUT2D eigenvalue weighted by Gasteiger charge is -2.26. The fourth-order valence-electron chi connectivity index (χ4n) is 4.03. The summed E-state index contributed by atoms with van der Waals surface area (Å²) in [5, 5.41) is 17.6. The second kappa shape index (κ2) is 10.4. The number of carbonyl (C=O) groups is 3. The van der Waals surface area contributed by atoms with Gasteiger partial charge in [-0.1, -0.05) is 35.5 Å². The average molecular weight is 508 g/mol. The summed E-state index contributed by atoms with van der Waals surface area (Å²) in [6.45, 7) is 5.36. The molecule has 2 aliphatic heterocycles. The maximum Gasteiger partial charge on any atom is 0.261 e. The van der Waals surface area contributed by atoms with Crippen LogP contribution < -0.4 is 4.90 Å².